The topological polar surface area (TPSA) is 38.9 Å². The Morgan fingerprint density at radius 2 is 1.21 bits per heavy atom. The molecule has 3 aromatic carbocycles. The molecule has 0 N–H and O–H groups in total. The first kappa shape index (κ1) is 18.9. The summed E-state index contributed by atoms with van der Waals surface area (Å²) in [5, 5.41) is 8.46. The van der Waals surface area contributed by atoms with Crippen LogP contribution in [0.5, 0.6) is 0 Å². The zero-order valence-corrected chi connectivity index (χ0v) is 16.8. The second-order valence-electron chi connectivity index (χ2n) is 7.25. The van der Waals surface area contributed by atoms with E-state index in [0.29, 0.717) is 17.7 Å². The van der Waals surface area contributed by atoms with Crippen molar-refractivity contribution in [2.45, 2.75) is 26.2 Å². The van der Waals surface area contributed by atoms with E-state index in [1.165, 1.54) is 5.56 Å². The Labute approximate surface area is 171 Å². The molecule has 0 spiro atoms. The van der Waals surface area contributed by atoms with E-state index in [1.807, 2.05) is 18.2 Å². The summed E-state index contributed by atoms with van der Waals surface area (Å²) in [5.41, 5.74) is 6.59. The van der Waals surface area contributed by atoms with Crippen LogP contribution in [-0.4, -0.2) is 10.2 Å². The van der Waals surface area contributed by atoms with E-state index in [9.17, 15) is 0 Å². The average Bonchev–Trinajstić information content (AvgIpc) is 3.29. The molecular formula is C26H24N2O. The molecule has 29 heavy (non-hydrogen) atoms. The van der Waals surface area contributed by atoms with Crippen LogP contribution in [0.3, 0.4) is 0 Å². The van der Waals surface area contributed by atoms with Gasteiger partial charge in [0.15, 0.2) is 0 Å². The standard InChI is InChI=1S/C26H24N2O/c1-4-18(3)20-10-14-23(15-11-20)25-27-28-26(29-25)24-16-12-22(13-17-24)21-8-6-19(5-2)7-9-21/h5-18H,2,4H2,1,3H3. The molecule has 4 rings (SSSR count). The van der Waals surface area contributed by atoms with Crippen LogP contribution in [0.1, 0.15) is 37.3 Å². The van der Waals surface area contributed by atoms with Crippen molar-refractivity contribution >= 4 is 6.08 Å². The summed E-state index contributed by atoms with van der Waals surface area (Å²) >= 11 is 0. The van der Waals surface area contributed by atoms with E-state index in [4.69, 9.17) is 4.42 Å². The molecule has 0 fully saturated rings. The Morgan fingerprint density at radius 3 is 1.69 bits per heavy atom. The number of hydrogen-bond donors (Lipinski definition) is 0. The number of nitrogens with zero attached hydrogens (tertiary/aromatic N) is 2. The van der Waals surface area contributed by atoms with Crippen LogP contribution < -0.4 is 0 Å². The van der Waals surface area contributed by atoms with Gasteiger partial charge in [-0.25, -0.2) is 0 Å². The third-order valence-electron chi connectivity index (χ3n) is 5.38. The van der Waals surface area contributed by atoms with Gasteiger partial charge in [-0.1, -0.05) is 75.0 Å². The van der Waals surface area contributed by atoms with Gasteiger partial charge in [0.25, 0.3) is 0 Å². The van der Waals surface area contributed by atoms with Crippen LogP contribution in [0.4, 0.5) is 0 Å². The van der Waals surface area contributed by atoms with Crippen LogP contribution >= 0.6 is 0 Å². The summed E-state index contributed by atoms with van der Waals surface area (Å²) in [6, 6.07) is 24.9. The van der Waals surface area contributed by atoms with E-state index in [1.54, 1.807) is 0 Å². The maximum Gasteiger partial charge on any atom is 0.248 e. The SMILES string of the molecule is C=Cc1ccc(-c2ccc(-c3nnc(-c4ccc(C(C)CC)cc4)o3)cc2)cc1. The zero-order chi connectivity index (χ0) is 20.2. The Morgan fingerprint density at radius 1 is 0.759 bits per heavy atom. The van der Waals surface area contributed by atoms with E-state index < -0.39 is 0 Å². The maximum absolute atomic E-state index is 5.92. The number of aromatic nitrogens is 2. The summed E-state index contributed by atoms with van der Waals surface area (Å²) < 4.78 is 5.92. The van der Waals surface area contributed by atoms with Crippen molar-refractivity contribution in [3.05, 3.63) is 90.5 Å². The summed E-state index contributed by atoms with van der Waals surface area (Å²) in [5.74, 6) is 1.62. The molecule has 0 aliphatic heterocycles. The Hall–Kier alpha value is -3.46. The molecule has 144 valence electrons. The summed E-state index contributed by atoms with van der Waals surface area (Å²) in [6.45, 7) is 8.23. The van der Waals surface area contributed by atoms with Crippen molar-refractivity contribution in [2.24, 2.45) is 0 Å². The molecule has 1 unspecified atom stereocenters. The first-order chi connectivity index (χ1) is 14.2. The van der Waals surface area contributed by atoms with Gasteiger partial charge in [-0.05, 0) is 58.9 Å². The van der Waals surface area contributed by atoms with Crippen LogP contribution in [0, 0.1) is 0 Å². The van der Waals surface area contributed by atoms with E-state index >= 15 is 0 Å². The highest BCUT2D eigenvalue weighted by atomic mass is 16.4. The quantitative estimate of drug-likeness (QED) is 0.354. The monoisotopic (exact) mass is 380 g/mol. The normalized spacial score (nSPS) is 11.9. The third kappa shape index (κ3) is 4.04. The fourth-order valence-corrected chi connectivity index (χ4v) is 3.26. The fourth-order valence-electron chi connectivity index (χ4n) is 3.26. The average molecular weight is 380 g/mol. The molecule has 0 aliphatic carbocycles. The smallest absolute Gasteiger partial charge is 0.248 e. The Kier molecular flexibility index (Phi) is 5.39. The van der Waals surface area contributed by atoms with Crippen LogP contribution in [0.25, 0.3) is 40.1 Å². The van der Waals surface area contributed by atoms with Gasteiger partial charge >= 0.3 is 0 Å². The predicted molar refractivity (Wildman–Crippen MR) is 119 cm³/mol. The minimum atomic E-state index is 0.527. The van der Waals surface area contributed by atoms with Crippen LogP contribution in [0.2, 0.25) is 0 Å². The van der Waals surface area contributed by atoms with E-state index in [0.717, 1.165) is 34.2 Å². The number of hydrogen-bond acceptors (Lipinski definition) is 3. The first-order valence-corrected chi connectivity index (χ1v) is 9.95. The lowest BCUT2D eigenvalue weighted by Crippen LogP contribution is -1.90. The summed E-state index contributed by atoms with van der Waals surface area (Å²) in [7, 11) is 0. The maximum atomic E-state index is 5.92. The highest BCUT2D eigenvalue weighted by Crippen LogP contribution is 2.28. The van der Waals surface area contributed by atoms with Gasteiger partial charge in [0.1, 0.15) is 0 Å². The van der Waals surface area contributed by atoms with E-state index in [2.05, 4.69) is 91.3 Å². The van der Waals surface area contributed by atoms with E-state index in [-0.39, 0.29) is 0 Å². The number of rotatable bonds is 6. The molecule has 0 bridgehead atoms. The van der Waals surface area contributed by atoms with Gasteiger partial charge < -0.3 is 4.42 Å². The second kappa shape index (κ2) is 8.27. The van der Waals surface area contributed by atoms with Crippen molar-refractivity contribution < 1.29 is 4.42 Å². The van der Waals surface area contributed by atoms with Gasteiger partial charge in [-0.2, -0.15) is 0 Å². The molecule has 0 aliphatic rings. The van der Waals surface area contributed by atoms with Crippen molar-refractivity contribution in [3.63, 3.8) is 0 Å². The Balaban J connectivity index is 1.53. The van der Waals surface area contributed by atoms with Gasteiger partial charge in [0.2, 0.25) is 11.8 Å². The fraction of sp³-hybridized carbons (Fsp3) is 0.154. The third-order valence-corrected chi connectivity index (χ3v) is 5.38. The highest BCUT2D eigenvalue weighted by Gasteiger charge is 2.11. The molecule has 1 atom stereocenters. The molecule has 3 heteroatoms. The lowest BCUT2D eigenvalue weighted by atomic mass is 9.98. The largest absolute Gasteiger partial charge is 0.416 e. The number of benzene rings is 3. The lowest BCUT2D eigenvalue weighted by Gasteiger charge is -2.08. The van der Waals surface area contributed by atoms with Gasteiger partial charge in [0.05, 0.1) is 0 Å². The molecule has 1 aromatic heterocycles. The van der Waals surface area contributed by atoms with Crippen molar-refractivity contribution in [1.29, 1.82) is 0 Å². The molecular weight excluding hydrogens is 356 g/mol. The summed E-state index contributed by atoms with van der Waals surface area (Å²) in [4.78, 5) is 0. The molecule has 3 nitrogen and oxygen atoms in total. The van der Waals surface area contributed by atoms with Crippen molar-refractivity contribution in [1.82, 2.24) is 10.2 Å². The van der Waals surface area contributed by atoms with Crippen LogP contribution in [-0.2, 0) is 0 Å². The molecule has 1 heterocycles. The van der Waals surface area contributed by atoms with Gasteiger partial charge in [-0.15, -0.1) is 10.2 Å². The minimum Gasteiger partial charge on any atom is -0.416 e. The summed E-state index contributed by atoms with van der Waals surface area (Å²) in [6.07, 6.45) is 2.97. The van der Waals surface area contributed by atoms with Crippen molar-refractivity contribution in [3.8, 4) is 34.0 Å². The van der Waals surface area contributed by atoms with Gasteiger partial charge in [0, 0.05) is 11.1 Å². The zero-order valence-electron chi connectivity index (χ0n) is 16.8. The molecule has 0 radical (unpaired) electrons. The highest BCUT2D eigenvalue weighted by molar-refractivity contribution is 5.69. The van der Waals surface area contributed by atoms with Gasteiger partial charge in [-0.3, -0.25) is 0 Å². The Bertz CT molecular complexity index is 1090. The minimum absolute atomic E-state index is 0.527. The van der Waals surface area contributed by atoms with Crippen LogP contribution in [0.15, 0.2) is 83.8 Å². The lowest BCUT2D eigenvalue weighted by molar-refractivity contribution is 0.584. The van der Waals surface area contributed by atoms with Crippen molar-refractivity contribution in [2.75, 3.05) is 0 Å². The molecule has 0 saturated carbocycles. The predicted octanol–water partition coefficient (Wildman–Crippen LogP) is 7.23. The molecule has 4 aromatic rings. The first-order valence-electron chi connectivity index (χ1n) is 9.95. The molecule has 0 saturated heterocycles. The second-order valence-corrected chi connectivity index (χ2v) is 7.25. The molecule has 0 amide bonds.